The number of carbonyl (C=O) groups is 3. The molecule has 0 spiro atoms. The number of imide groups is 1. The highest BCUT2D eigenvalue weighted by Gasteiger charge is 2.23. The monoisotopic (exact) mass is 298 g/mol. The summed E-state index contributed by atoms with van der Waals surface area (Å²) in [4.78, 5) is 35.4. The Morgan fingerprint density at radius 3 is 2.48 bits per heavy atom. The Labute approximate surface area is 124 Å². The van der Waals surface area contributed by atoms with Crippen molar-refractivity contribution >= 4 is 17.7 Å². The van der Waals surface area contributed by atoms with Crippen molar-refractivity contribution in [2.45, 2.75) is 26.4 Å². The molecular formula is C14H22N2O5. The fourth-order valence-corrected chi connectivity index (χ4v) is 1.83. The van der Waals surface area contributed by atoms with Gasteiger partial charge in [0, 0.05) is 44.9 Å². The van der Waals surface area contributed by atoms with Crippen LogP contribution in [0.2, 0.25) is 0 Å². The van der Waals surface area contributed by atoms with Crippen LogP contribution in [-0.2, 0) is 23.9 Å². The number of rotatable bonds is 10. The van der Waals surface area contributed by atoms with Crippen molar-refractivity contribution in [1.82, 2.24) is 10.2 Å². The first kappa shape index (κ1) is 17.3. The molecule has 0 bridgehead atoms. The van der Waals surface area contributed by atoms with Gasteiger partial charge in [-0.2, -0.15) is 0 Å². The standard InChI is InChI=1S/C14H22N2O5/c1-3-20-10-11(21-4-2)9-15-12(17)7-8-16-13(18)5-6-14(16)19/h5-6,11H,3-4,7-10H2,1-2H3,(H,15,17). The molecular weight excluding hydrogens is 276 g/mol. The Morgan fingerprint density at radius 1 is 1.24 bits per heavy atom. The number of hydrogen-bond acceptors (Lipinski definition) is 5. The van der Waals surface area contributed by atoms with E-state index < -0.39 is 0 Å². The lowest BCUT2D eigenvalue weighted by Crippen LogP contribution is -2.39. The first-order chi connectivity index (χ1) is 10.1. The minimum Gasteiger partial charge on any atom is -0.379 e. The van der Waals surface area contributed by atoms with E-state index in [4.69, 9.17) is 9.47 Å². The number of ether oxygens (including phenoxy) is 2. The predicted octanol–water partition coefficient (Wildman–Crippen LogP) is -0.141. The zero-order valence-electron chi connectivity index (χ0n) is 12.5. The summed E-state index contributed by atoms with van der Waals surface area (Å²) in [5.41, 5.74) is 0. The lowest BCUT2D eigenvalue weighted by atomic mass is 10.3. The van der Waals surface area contributed by atoms with Crippen LogP contribution in [-0.4, -0.2) is 61.6 Å². The molecule has 0 fully saturated rings. The molecule has 0 aromatic rings. The topological polar surface area (TPSA) is 84.9 Å². The van der Waals surface area contributed by atoms with Gasteiger partial charge in [0.25, 0.3) is 11.8 Å². The molecule has 1 aliphatic rings. The maximum Gasteiger partial charge on any atom is 0.253 e. The van der Waals surface area contributed by atoms with Gasteiger partial charge in [-0.25, -0.2) is 0 Å². The highest BCUT2D eigenvalue weighted by molar-refractivity contribution is 6.13. The van der Waals surface area contributed by atoms with Gasteiger partial charge in [-0.1, -0.05) is 0 Å². The van der Waals surface area contributed by atoms with E-state index in [0.29, 0.717) is 26.4 Å². The van der Waals surface area contributed by atoms with Crippen molar-refractivity contribution in [2.75, 3.05) is 32.9 Å². The van der Waals surface area contributed by atoms with Crippen molar-refractivity contribution in [3.8, 4) is 0 Å². The lowest BCUT2D eigenvalue weighted by molar-refractivity contribution is -0.137. The summed E-state index contributed by atoms with van der Waals surface area (Å²) in [6, 6.07) is 0. The minimum absolute atomic E-state index is 0.0760. The van der Waals surface area contributed by atoms with E-state index in [1.54, 1.807) is 0 Å². The van der Waals surface area contributed by atoms with Crippen LogP contribution in [0.3, 0.4) is 0 Å². The molecule has 21 heavy (non-hydrogen) atoms. The third kappa shape index (κ3) is 6.05. The molecule has 1 heterocycles. The van der Waals surface area contributed by atoms with E-state index >= 15 is 0 Å². The van der Waals surface area contributed by atoms with Crippen LogP contribution in [0.1, 0.15) is 20.3 Å². The highest BCUT2D eigenvalue weighted by Crippen LogP contribution is 2.04. The number of carbonyl (C=O) groups excluding carboxylic acids is 3. The van der Waals surface area contributed by atoms with Gasteiger partial charge in [0.15, 0.2) is 0 Å². The quantitative estimate of drug-likeness (QED) is 0.567. The molecule has 7 nitrogen and oxygen atoms in total. The molecule has 3 amide bonds. The van der Waals surface area contributed by atoms with Gasteiger partial charge in [0.05, 0.1) is 12.7 Å². The van der Waals surface area contributed by atoms with Gasteiger partial charge in [0.2, 0.25) is 5.91 Å². The van der Waals surface area contributed by atoms with E-state index in [9.17, 15) is 14.4 Å². The Balaban J connectivity index is 2.26. The highest BCUT2D eigenvalue weighted by atomic mass is 16.5. The normalized spacial score (nSPS) is 15.6. The average molecular weight is 298 g/mol. The smallest absolute Gasteiger partial charge is 0.253 e. The molecule has 0 saturated carbocycles. The Kier molecular flexibility index (Phi) is 7.63. The zero-order valence-corrected chi connectivity index (χ0v) is 12.5. The Bertz CT molecular complexity index is 390. The second-order valence-corrected chi connectivity index (χ2v) is 4.45. The lowest BCUT2D eigenvalue weighted by Gasteiger charge is -2.18. The maximum absolute atomic E-state index is 11.7. The molecule has 0 aromatic carbocycles. The molecule has 0 aliphatic carbocycles. The van der Waals surface area contributed by atoms with E-state index in [1.807, 2.05) is 13.8 Å². The van der Waals surface area contributed by atoms with Crippen molar-refractivity contribution in [1.29, 1.82) is 0 Å². The fraction of sp³-hybridized carbons (Fsp3) is 0.643. The second kappa shape index (κ2) is 9.25. The molecule has 7 heteroatoms. The largest absolute Gasteiger partial charge is 0.379 e. The van der Waals surface area contributed by atoms with E-state index in [2.05, 4.69) is 5.32 Å². The molecule has 0 saturated heterocycles. The van der Waals surface area contributed by atoms with Crippen LogP contribution in [0.15, 0.2) is 12.2 Å². The van der Waals surface area contributed by atoms with Gasteiger partial charge < -0.3 is 14.8 Å². The summed E-state index contributed by atoms with van der Waals surface area (Å²) >= 11 is 0. The number of amides is 3. The zero-order chi connectivity index (χ0) is 15.7. The molecule has 1 atom stereocenters. The molecule has 0 aromatic heterocycles. The third-order valence-corrected chi connectivity index (χ3v) is 2.90. The summed E-state index contributed by atoms with van der Waals surface area (Å²) in [5, 5.41) is 2.72. The molecule has 1 aliphatic heterocycles. The van der Waals surface area contributed by atoms with Crippen LogP contribution in [0, 0.1) is 0 Å². The SMILES string of the molecule is CCOCC(CNC(=O)CCN1C(=O)C=CC1=O)OCC. The van der Waals surface area contributed by atoms with E-state index in [0.717, 1.165) is 4.90 Å². The predicted molar refractivity (Wildman–Crippen MR) is 75.4 cm³/mol. The van der Waals surface area contributed by atoms with Gasteiger partial charge >= 0.3 is 0 Å². The van der Waals surface area contributed by atoms with Gasteiger partial charge in [-0.3, -0.25) is 19.3 Å². The molecule has 1 unspecified atom stereocenters. The van der Waals surface area contributed by atoms with Crippen LogP contribution < -0.4 is 5.32 Å². The maximum atomic E-state index is 11.7. The third-order valence-electron chi connectivity index (χ3n) is 2.90. The number of nitrogens with zero attached hydrogens (tertiary/aromatic N) is 1. The van der Waals surface area contributed by atoms with Crippen LogP contribution >= 0.6 is 0 Å². The molecule has 0 radical (unpaired) electrons. The fourth-order valence-electron chi connectivity index (χ4n) is 1.83. The summed E-state index contributed by atoms with van der Waals surface area (Å²) in [6.07, 6.45) is 2.28. The molecule has 1 rings (SSSR count). The number of hydrogen-bond donors (Lipinski definition) is 1. The molecule has 118 valence electrons. The minimum atomic E-state index is -0.378. The van der Waals surface area contributed by atoms with Gasteiger partial charge in [-0.15, -0.1) is 0 Å². The Hall–Kier alpha value is -1.73. The summed E-state index contributed by atoms with van der Waals surface area (Å²) in [6.45, 7) is 5.73. The van der Waals surface area contributed by atoms with Crippen molar-refractivity contribution < 1.29 is 23.9 Å². The first-order valence-corrected chi connectivity index (χ1v) is 7.08. The van der Waals surface area contributed by atoms with E-state index in [1.165, 1.54) is 12.2 Å². The van der Waals surface area contributed by atoms with Crippen LogP contribution in [0.25, 0.3) is 0 Å². The second-order valence-electron chi connectivity index (χ2n) is 4.45. The first-order valence-electron chi connectivity index (χ1n) is 7.08. The Morgan fingerprint density at radius 2 is 1.90 bits per heavy atom. The summed E-state index contributed by atoms with van der Waals surface area (Å²) in [7, 11) is 0. The van der Waals surface area contributed by atoms with Gasteiger partial charge in [-0.05, 0) is 13.8 Å². The van der Waals surface area contributed by atoms with Crippen molar-refractivity contribution in [3.63, 3.8) is 0 Å². The van der Waals surface area contributed by atoms with E-state index in [-0.39, 0.29) is 36.8 Å². The summed E-state index contributed by atoms with van der Waals surface area (Å²) < 4.78 is 10.7. The van der Waals surface area contributed by atoms with Crippen molar-refractivity contribution in [2.24, 2.45) is 0 Å². The van der Waals surface area contributed by atoms with Crippen LogP contribution in [0.5, 0.6) is 0 Å². The van der Waals surface area contributed by atoms with Crippen molar-refractivity contribution in [3.05, 3.63) is 12.2 Å². The number of nitrogens with one attached hydrogen (secondary N) is 1. The molecule has 1 N–H and O–H groups in total. The van der Waals surface area contributed by atoms with Crippen LogP contribution in [0.4, 0.5) is 0 Å². The average Bonchev–Trinajstić information content (AvgIpc) is 2.78. The van der Waals surface area contributed by atoms with Gasteiger partial charge in [0.1, 0.15) is 0 Å². The summed E-state index contributed by atoms with van der Waals surface area (Å²) in [5.74, 6) is -0.989.